The summed E-state index contributed by atoms with van der Waals surface area (Å²) in [5.41, 5.74) is 3.13. The quantitative estimate of drug-likeness (QED) is 0.830. The van der Waals surface area contributed by atoms with Gasteiger partial charge in [-0.3, -0.25) is 4.79 Å². The number of carbonyl (C=O) groups is 2. The largest absolute Gasteiger partial charge is 0.493 e. The van der Waals surface area contributed by atoms with Crippen molar-refractivity contribution >= 4 is 17.7 Å². The Morgan fingerprint density at radius 2 is 1.62 bits per heavy atom. The molecule has 0 unspecified atom stereocenters. The molecule has 2 aromatic rings. The minimum absolute atomic E-state index is 0.315. The van der Waals surface area contributed by atoms with Crippen molar-refractivity contribution in [2.75, 3.05) is 40.3 Å². The molecule has 0 spiro atoms. The molecule has 0 radical (unpaired) electrons. The maximum Gasteiger partial charge on any atom is 0.409 e. The van der Waals surface area contributed by atoms with E-state index in [2.05, 4.69) is 5.32 Å². The molecule has 154 valence electrons. The maximum absolute atomic E-state index is 12.8. The number of hydrogen-bond donors (Lipinski definition) is 1. The summed E-state index contributed by atoms with van der Waals surface area (Å²) in [7, 11) is 5.86. The third kappa shape index (κ3) is 4.21. The van der Waals surface area contributed by atoms with Crippen molar-refractivity contribution in [1.29, 1.82) is 0 Å². The molecule has 0 bridgehead atoms. The van der Waals surface area contributed by atoms with Crippen LogP contribution >= 0.6 is 0 Å². The Morgan fingerprint density at radius 3 is 2.21 bits per heavy atom. The van der Waals surface area contributed by atoms with Crippen LogP contribution in [-0.4, -0.2) is 51.9 Å². The molecule has 1 aliphatic rings. The molecular formula is C21H24N2O6. The van der Waals surface area contributed by atoms with E-state index in [0.717, 1.165) is 17.5 Å². The lowest BCUT2D eigenvalue weighted by atomic mass is 9.99. The van der Waals surface area contributed by atoms with Crippen LogP contribution in [-0.2, 0) is 17.7 Å². The fraction of sp³-hybridized carbons (Fsp3) is 0.333. The number of fused-ring (bicyclic) bond motifs is 1. The smallest absolute Gasteiger partial charge is 0.409 e. The molecule has 3 rings (SSSR count). The average Bonchev–Trinajstić information content (AvgIpc) is 2.76. The Bertz CT molecular complexity index is 902. The molecule has 0 aliphatic carbocycles. The predicted molar refractivity (Wildman–Crippen MR) is 107 cm³/mol. The van der Waals surface area contributed by atoms with E-state index in [0.29, 0.717) is 41.6 Å². The Balaban J connectivity index is 1.82. The Kier molecular flexibility index (Phi) is 6.11. The molecule has 8 nitrogen and oxygen atoms in total. The zero-order chi connectivity index (χ0) is 21.0. The topological polar surface area (TPSA) is 86.3 Å². The summed E-state index contributed by atoms with van der Waals surface area (Å²) >= 11 is 0. The van der Waals surface area contributed by atoms with Gasteiger partial charge in [0.05, 0.1) is 28.4 Å². The minimum Gasteiger partial charge on any atom is -0.493 e. The summed E-state index contributed by atoms with van der Waals surface area (Å²) in [5, 5.41) is 2.88. The monoisotopic (exact) mass is 400 g/mol. The minimum atomic E-state index is -0.359. The number of rotatable bonds is 5. The van der Waals surface area contributed by atoms with E-state index in [1.54, 1.807) is 17.0 Å². The zero-order valence-corrected chi connectivity index (χ0v) is 16.9. The van der Waals surface area contributed by atoms with Crippen molar-refractivity contribution < 1.29 is 28.5 Å². The van der Waals surface area contributed by atoms with E-state index in [-0.39, 0.29) is 12.0 Å². The molecule has 1 aliphatic heterocycles. The van der Waals surface area contributed by atoms with Gasteiger partial charge in [-0.05, 0) is 41.8 Å². The van der Waals surface area contributed by atoms with Crippen LogP contribution in [0.25, 0.3) is 0 Å². The molecule has 0 fully saturated rings. The standard InChI is InChI=1S/C21H24N2O6/c1-26-17-10-14(11-18(27-2)19(17)28-3)20(24)22-16-6-5-13-7-8-23(21(25)29-4)12-15(13)9-16/h5-6,9-11H,7-8,12H2,1-4H3,(H,22,24). The molecule has 1 heterocycles. The number of nitrogens with zero attached hydrogens (tertiary/aromatic N) is 1. The van der Waals surface area contributed by atoms with Crippen molar-refractivity contribution in [1.82, 2.24) is 4.90 Å². The highest BCUT2D eigenvalue weighted by Crippen LogP contribution is 2.38. The molecule has 0 atom stereocenters. The van der Waals surface area contributed by atoms with Gasteiger partial charge in [-0.25, -0.2) is 4.79 Å². The first-order chi connectivity index (χ1) is 14.0. The second-order valence-corrected chi connectivity index (χ2v) is 6.49. The van der Waals surface area contributed by atoms with Crippen LogP contribution in [0.5, 0.6) is 17.2 Å². The first-order valence-corrected chi connectivity index (χ1v) is 9.06. The summed E-state index contributed by atoms with van der Waals surface area (Å²) in [6.45, 7) is 1.05. The van der Waals surface area contributed by atoms with Crippen LogP contribution in [0.2, 0.25) is 0 Å². The van der Waals surface area contributed by atoms with Gasteiger partial charge in [-0.15, -0.1) is 0 Å². The van der Waals surface area contributed by atoms with Gasteiger partial charge in [0.25, 0.3) is 5.91 Å². The first kappa shape index (κ1) is 20.3. The first-order valence-electron chi connectivity index (χ1n) is 9.06. The summed E-state index contributed by atoms with van der Waals surface area (Å²) in [4.78, 5) is 26.2. The van der Waals surface area contributed by atoms with Crippen molar-refractivity contribution in [2.45, 2.75) is 13.0 Å². The summed E-state index contributed by atoms with van der Waals surface area (Å²) < 4.78 is 20.7. The number of benzene rings is 2. The van der Waals surface area contributed by atoms with Gasteiger partial charge in [0.2, 0.25) is 5.75 Å². The summed E-state index contributed by atoms with van der Waals surface area (Å²) in [5.74, 6) is 0.903. The van der Waals surface area contributed by atoms with Gasteiger partial charge in [-0.1, -0.05) is 6.07 Å². The van der Waals surface area contributed by atoms with E-state index in [9.17, 15) is 9.59 Å². The SMILES string of the molecule is COC(=O)N1CCc2ccc(NC(=O)c3cc(OC)c(OC)c(OC)c3)cc2C1. The van der Waals surface area contributed by atoms with E-state index < -0.39 is 0 Å². The molecular weight excluding hydrogens is 376 g/mol. The van der Waals surface area contributed by atoms with Crippen LogP contribution in [0.3, 0.4) is 0 Å². The van der Waals surface area contributed by atoms with Crippen molar-refractivity contribution in [3.05, 3.63) is 47.0 Å². The number of amides is 2. The number of carbonyl (C=O) groups excluding carboxylic acids is 2. The molecule has 8 heteroatoms. The number of nitrogens with one attached hydrogen (secondary N) is 1. The third-order valence-electron chi connectivity index (χ3n) is 4.84. The molecule has 0 aromatic heterocycles. The van der Waals surface area contributed by atoms with Crippen LogP contribution < -0.4 is 19.5 Å². The van der Waals surface area contributed by atoms with E-state index in [1.807, 2.05) is 18.2 Å². The highest BCUT2D eigenvalue weighted by molar-refractivity contribution is 6.05. The molecule has 0 saturated heterocycles. The van der Waals surface area contributed by atoms with E-state index >= 15 is 0 Å². The van der Waals surface area contributed by atoms with Crippen LogP contribution in [0.1, 0.15) is 21.5 Å². The normalized spacial score (nSPS) is 12.6. The van der Waals surface area contributed by atoms with Crippen LogP contribution in [0, 0.1) is 0 Å². The fourth-order valence-electron chi connectivity index (χ4n) is 3.34. The Hall–Kier alpha value is -3.42. The summed E-state index contributed by atoms with van der Waals surface area (Å²) in [6, 6.07) is 8.87. The Labute approximate surface area is 169 Å². The number of ether oxygens (including phenoxy) is 4. The second-order valence-electron chi connectivity index (χ2n) is 6.49. The van der Waals surface area contributed by atoms with Gasteiger partial charge < -0.3 is 29.2 Å². The number of hydrogen-bond acceptors (Lipinski definition) is 6. The number of anilines is 1. The van der Waals surface area contributed by atoms with Gasteiger partial charge in [-0.2, -0.15) is 0 Å². The van der Waals surface area contributed by atoms with Crippen LogP contribution in [0.15, 0.2) is 30.3 Å². The van der Waals surface area contributed by atoms with Crippen molar-refractivity contribution in [2.24, 2.45) is 0 Å². The molecule has 2 amide bonds. The van der Waals surface area contributed by atoms with Gasteiger partial charge in [0.15, 0.2) is 11.5 Å². The summed E-state index contributed by atoms with van der Waals surface area (Å²) in [6.07, 6.45) is 0.383. The zero-order valence-electron chi connectivity index (χ0n) is 16.9. The molecule has 1 N–H and O–H groups in total. The third-order valence-corrected chi connectivity index (χ3v) is 4.84. The van der Waals surface area contributed by atoms with Gasteiger partial charge in [0, 0.05) is 24.3 Å². The molecule has 29 heavy (non-hydrogen) atoms. The Morgan fingerprint density at radius 1 is 0.931 bits per heavy atom. The fourth-order valence-corrected chi connectivity index (χ4v) is 3.34. The lowest BCUT2D eigenvalue weighted by Crippen LogP contribution is -2.35. The second kappa shape index (κ2) is 8.72. The molecule has 0 saturated carbocycles. The van der Waals surface area contributed by atoms with Gasteiger partial charge in [0.1, 0.15) is 0 Å². The lowest BCUT2D eigenvalue weighted by molar-refractivity contribution is 0.102. The van der Waals surface area contributed by atoms with Crippen molar-refractivity contribution in [3.63, 3.8) is 0 Å². The highest BCUT2D eigenvalue weighted by Gasteiger charge is 2.22. The van der Waals surface area contributed by atoms with E-state index in [1.165, 1.54) is 28.4 Å². The van der Waals surface area contributed by atoms with Crippen molar-refractivity contribution in [3.8, 4) is 17.2 Å². The highest BCUT2D eigenvalue weighted by atomic mass is 16.5. The van der Waals surface area contributed by atoms with Gasteiger partial charge >= 0.3 is 6.09 Å². The number of methoxy groups -OCH3 is 4. The average molecular weight is 400 g/mol. The lowest BCUT2D eigenvalue weighted by Gasteiger charge is -2.28. The van der Waals surface area contributed by atoms with E-state index in [4.69, 9.17) is 18.9 Å². The van der Waals surface area contributed by atoms with Crippen LogP contribution in [0.4, 0.5) is 10.5 Å². The predicted octanol–water partition coefficient (Wildman–Crippen LogP) is 3.09. The maximum atomic E-state index is 12.8. The molecule has 2 aromatic carbocycles.